The first-order valence-corrected chi connectivity index (χ1v) is 5.94. The molecule has 0 aliphatic rings. The van der Waals surface area contributed by atoms with Gasteiger partial charge < -0.3 is 20.1 Å². The third kappa shape index (κ3) is 7.28. The molecule has 0 aromatic rings. The summed E-state index contributed by atoms with van der Waals surface area (Å²) in [5.74, 6) is -1.05. The van der Waals surface area contributed by atoms with Gasteiger partial charge in [-0.1, -0.05) is 0 Å². The van der Waals surface area contributed by atoms with E-state index in [0.717, 1.165) is 0 Å². The van der Waals surface area contributed by atoms with Crippen LogP contribution >= 0.6 is 0 Å². The summed E-state index contributed by atoms with van der Waals surface area (Å²) in [5, 5.41) is 4.79. The zero-order valence-electron chi connectivity index (χ0n) is 12.2. The van der Waals surface area contributed by atoms with E-state index in [9.17, 15) is 14.4 Å². The van der Waals surface area contributed by atoms with Crippen LogP contribution in [-0.4, -0.2) is 42.8 Å². The number of methoxy groups -OCH3 is 1. The van der Waals surface area contributed by atoms with Crippen molar-refractivity contribution in [3.63, 3.8) is 0 Å². The first-order valence-electron chi connectivity index (χ1n) is 5.94. The normalized spacial score (nSPS) is 14.0. The number of rotatable bonds is 4. The Morgan fingerprint density at radius 1 is 1.00 bits per heavy atom. The van der Waals surface area contributed by atoms with Crippen molar-refractivity contribution in [1.29, 1.82) is 0 Å². The van der Waals surface area contributed by atoms with Crippen LogP contribution < -0.4 is 10.6 Å². The second-order valence-corrected chi connectivity index (χ2v) is 5.12. The molecule has 0 spiro atoms. The van der Waals surface area contributed by atoms with Crippen LogP contribution in [0.25, 0.3) is 0 Å². The Kier molecular flexibility index (Phi) is 6.31. The molecule has 110 valence electrons. The van der Waals surface area contributed by atoms with Crippen LogP contribution in [0, 0.1) is 0 Å². The first-order chi connectivity index (χ1) is 8.56. The molecule has 0 rings (SSSR count). The van der Waals surface area contributed by atoms with Gasteiger partial charge in [0.2, 0.25) is 5.91 Å². The van der Waals surface area contributed by atoms with Crippen molar-refractivity contribution in [3.8, 4) is 0 Å². The zero-order valence-corrected chi connectivity index (χ0v) is 12.2. The maximum absolute atomic E-state index is 11.7. The highest BCUT2D eigenvalue weighted by molar-refractivity contribution is 5.89. The first kappa shape index (κ1) is 17.2. The van der Waals surface area contributed by atoms with Gasteiger partial charge in [0.15, 0.2) is 0 Å². The average Bonchev–Trinajstić information content (AvgIpc) is 2.24. The van der Waals surface area contributed by atoms with Gasteiger partial charge in [-0.25, -0.2) is 9.59 Å². The van der Waals surface area contributed by atoms with E-state index in [1.165, 1.54) is 21.0 Å². The third-order valence-electron chi connectivity index (χ3n) is 2.04. The molecule has 0 aromatic heterocycles. The number of alkyl carbamates (subject to hydrolysis) is 1. The minimum Gasteiger partial charge on any atom is -0.467 e. The lowest BCUT2D eigenvalue weighted by Crippen LogP contribution is -2.50. The van der Waals surface area contributed by atoms with E-state index in [4.69, 9.17) is 4.74 Å². The molecule has 0 unspecified atom stereocenters. The van der Waals surface area contributed by atoms with Gasteiger partial charge in [0.1, 0.15) is 17.7 Å². The highest BCUT2D eigenvalue weighted by Crippen LogP contribution is 2.06. The molecule has 19 heavy (non-hydrogen) atoms. The van der Waals surface area contributed by atoms with Crippen LogP contribution in [0.5, 0.6) is 0 Å². The molecule has 0 aliphatic heterocycles. The van der Waals surface area contributed by atoms with Gasteiger partial charge in [-0.2, -0.15) is 0 Å². The lowest BCUT2D eigenvalue weighted by Gasteiger charge is -2.22. The second kappa shape index (κ2) is 6.96. The molecule has 0 aromatic carbocycles. The molecule has 7 nitrogen and oxygen atoms in total. The fourth-order valence-electron chi connectivity index (χ4n) is 1.12. The largest absolute Gasteiger partial charge is 0.467 e. The van der Waals surface area contributed by atoms with E-state index < -0.39 is 35.7 Å². The summed E-state index contributed by atoms with van der Waals surface area (Å²) in [6.45, 7) is 8.14. The van der Waals surface area contributed by atoms with Crippen molar-refractivity contribution in [2.24, 2.45) is 0 Å². The van der Waals surface area contributed by atoms with Gasteiger partial charge in [-0.05, 0) is 34.6 Å². The van der Waals surface area contributed by atoms with E-state index in [0.29, 0.717) is 0 Å². The molecular weight excluding hydrogens is 252 g/mol. The summed E-state index contributed by atoms with van der Waals surface area (Å²) in [7, 11) is 1.23. The van der Waals surface area contributed by atoms with Gasteiger partial charge in [0, 0.05) is 0 Å². The van der Waals surface area contributed by atoms with Crippen molar-refractivity contribution in [2.75, 3.05) is 7.11 Å². The van der Waals surface area contributed by atoms with Crippen LogP contribution in [0.1, 0.15) is 34.6 Å². The number of esters is 1. The third-order valence-corrected chi connectivity index (χ3v) is 2.04. The molecule has 0 fully saturated rings. The lowest BCUT2D eigenvalue weighted by atomic mass is 10.2. The summed E-state index contributed by atoms with van der Waals surface area (Å²) in [6, 6.07) is -1.60. The van der Waals surface area contributed by atoms with Crippen LogP contribution in [0.3, 0.4) is 0 Å². The Morgan fingerprint density at radius 3 is 1.95 bits per heavy atom. The van der Waals surface area contributed by atoms with E-state index in [2.05, 4.69) is 15.4 Å². The molecule has 2 N–H and O–H groups in total. The Morgan fingerprint density at radius 2 is 1.53 bits per heavy atom. The molecular formula is C12H22N2O5. The van der Waals surface area contributed by atoms with E-state index in [-0.39, 0.29) is 0 Å². The lowest BCUT2D eigenvalue weighted by molar-refractivity contribution is -0.144. The summed E-state index contributed by atoms with van der Waals surface area (Å²) in [6.07, 6.45) is -0.694. The maximum atomic E-state index is 11.7. The maximum Gasteiger partial charge on any atom is 0.408 e. The SMILES string of the molecule is COC(=O)[C@H](C)NC(=O)[C@@H](C)NC(=O)OC(C)(C)C. The molecule has 2 atom stereocenters. The highest BCUT2D eigenvalue weighted by atomic mass is 16.6. The number of nitrogens with one attached hydrogen (secondary N) is 2. The predicted octanol–water partition coefficient (Wildman–Crippen LogP) is 0.577. The number of hydrogen-bond acceptors (Lipinski definition) is 5. The smallest absolute Gasteiger partial charge is 0.408 e. The number of carbonyl (C=O) groups excluding carboxylic acids is 3. The molecule has 2 amide bonds. The average molecular weight is 274 g/mol. The van der Waals surface area contributed by atoms with Gasteiger partial charge >= 0.3 is 12.1 Å². The van der Waals surface area contributed by atoms with E-state index in [1.807, 2.05) is 0 Å². The summed E-state index contributed by atoms with van der Waals surface area (Å²) >= 11 is 0. The van der Waals surface area contributed by atoms with E-state index >= 15 is 0 Å². The van der Waals surface area contributed by atoms with Crippen LogP contribution in [0.2, 0.25) is 0 Å². The molecule has 0 saturated carbocycles. The molecule has 0 aliphatic carbocycles. The molecule has 7 heteroatoms. The Bertz CT molecular complexity index is 349. The van der Waals surface area contributed by atoms with E-state index in [1.54, 1.807) is 20.8 Å². The van der Waals surface area contributed by atoms with Crippen molar-refractivity contribution >= 4 is 18.0 Å². The summed E-state index contributed by atoms with van der Waals surface area (Å²) < 4.78 is 9.48. The van der Waals surface area contributed by atoms with Gasteiger partial charge in [0.25, 0.3) is 0 Å². The monoisotopic (exact) mass is 274 g/mol. The van der Waals surface area contributed by atoms with Gasteiger partial charge in [-0.3, -0.25) is 4.79 Å². The van der Waals surface area contributed by atoms with Gasteiger partial charge in [0.05, 0.1) is 7.11 Å². The standard InChI is InChI=1S/C12H22N2O5/c1-7(14-11(17)19-12(3,4)5)9(15)13-8(2)10(16)18-6/h7-8H,1-6H3,(H,13,15)(H,14,17)/t7-,8+/m1/s1. The van der Waals surface area contributed by atoms with Crippen LogP contribution in [0.4, 0.5) is 4.79 Å². The Hall–Kier alpha value is -1.79. The minimum absolute atomic E-state index is 0.497. The van der Waals surface area contributed by atoms with Crippen molar-refractivity contribution in [1.82, 2.24) is 10.6 Å². The molecule has 0 heterocycles. The molecule has 0 saturated heterocycles. The quantitative estimate of drug-likeness (QED) is 0.731. The molecule has 0 radical (unpaired) electrons. The predicted molar refractivity (Wildman–Crippen MR) is 68.5 cm³/mol. The Labute approximate surface area is 113 Å². The van der Waals surface area contributed by atoms with Crippen LogP contribution in [0.15, 0.2) is 0 Å². The number of hydrogen-bond donors (Lipinski definition) is 2. The van der Waals surface area contributed by atoms with Crippen molar-refractivity contribution < 1.29 is 23.9 Å². The minimum atomic E-state index is -0.818. The fraction of sp³-hybridized carbons (Fsp3) is 0.750. The number of amides is 2. The molecule has 0 bridgehead atoms. The van der Waals surface area contributed by atoms with Crippen molar-refractivity contribution in [3.05, 3.63) is 0 Å². The van der Waals surface area contributed by atoms with Gasteiger partial charge in [-0.15, -0.1) is 0 Å². The fourth-order valence-corrected chi connectivity index (χ4v) is 1.12. The zero-order chi connectivity index (χ0) is 15.2. The second-order valence-electron chi connectivity index (χ2n) is 5.12. The van der Waals surface area contributed by atoms with Crippen molar-refractivity contribution in [2.45, 2.75) is 52.3 Å². The Balaban J connectivity index is 4.28. The topological polar surface area (TPSA) is 93.7 Å². The summed E-state index contributed by atoms with van der Waals surface area (Å²) in [4.78, 5) is 34.3. The van der Waals surface area contributed by atoms with Crippen LogP contribution in [-0.2, 0) is 19.1 Å². The summed E-state index contributed by atoms with van der Waals surface area (Å²) in [5.41, 5.74) is -0.639. The highest BCUT2D eigenvalue weighted by Gasteiger charge is 2.23. The number of carbonyl (C=O) groups is 3. The number of ether oxygens (including phenoxy) is 2.